The van der Waals surface area contributed by atoms with Gasteiger partial charge in [-0.05, 0) is 50.6 Å². The number of methoxy groups -OCH3 is 1. The molecular formula is C18H18N2O2S. The van der Waals surface area contributed by atoms with Crippen LogP contribution in [0.1, 0.15) is 32.2 Å². The van der Waals surface area contributed by atoms with E-state index < -0.39 is 0 Å². The number of hydrogen-bond acceptors (Lipinski definition) is 4. The van der Waals surface area contributed by atoms with Gasteiger partial charge in [0.2, 0.25) is 0 Å². The number of benzene rings is 1. The monoisotopic (exact) mass is 326 g/mol. The molecule has 2 heterocycles. The van der Waals surface area contributed by atoms with Crippen LogP contribution in [0.5, 0.6) is 5.75 Å². The molecule has 0 radical (unpaired) electrons. The van der Waals surface area contributed by atoms with E-state index in [4.69, 9.17) is 4.74 Å². The van der Waals surface area contributed by atoms with Gasteiger partial charge in [-0.1, -0.05) is 6.07 Å². The summed E-state index contributed by atoms with van der Waals surface area (Å²) in [5.74, 6) is 0.518. The summed E-state index contributed by atoms with van der Waals surface area (Å²) < 4.78 is 7.33. The zero-order valence-electron chi connectivity index (χ0n) is 13.6. The van der Waals surface area contributed by atoms with Crippen LogP contribution in [0.4, 0.5) is 0 Å². The number of aryl methyl sites for hydroxylation is 3. The molecule has 0 saturated heterocycles. The Bertz CT molecular complexity index is 919. The molecule has 23 heavy (non-hydrogen) atoms. The first-order valence-electron chi connectivity index (χ1n) is 7.31. The minimum absolute atomic E-state index is 0.0804. The number of nitrogens with zero attached hydrogens (tertiary/aromatic N) is 2. The van der Waals surface area contributed by atoms with E-state index in [1.807, 2.05) is 49.6 Å². The van der Waals surface area contributed by atoms with Gasteiger partial charge in [0.1, 0.15) is 5.75 Å². The third-order valence-electron chi connectivity index (χ3n) is 3.68. The molecule has 0 fully saturated rings. The highest BCUT2D eigenvalue weighted by Gasteiger charge is 2.12. The number of carbonyl (C=O) groups is 1. The molecular weight excluding hydrogens is 308 g/mol. The minimum atomic E-state index is -0.0804. The van der Waals surface area contributed by atoms with Gasteiger partial charge in [0, 0.05) is 11.1 Å². The number of hydrogen-bond donors (Lipinski definition) is 0. The number of ether oxygens (including phenoxy) is 1. The second kappa shape index (κ2) is 6.01. The molecule has 0 aliphatic rings. The fourth-order valence-corrected chi connectivity index (χ4v) is 3.41. The van der Waals surface area contributed by atoms with E-state index >= 15 is 0 Å². The molecule has 1 aromatic carbocycles. The van der Waals surface area contributed by atoms with Crippen LogP contribution < -0.4 is 4.74 Å². The Morgan fingerprint density at radius 2 is 2.09 bits per heavy atom. The van der Waals surface area contributed by atoms with Crippen LogP contribution in [-0.2, 0) is 0 Å². The second-order valence-corrected chi connectivity index (χ2v) is 6.69. The van der Waals surface area contributed by atoms with Crippen molar-refractivity contribution in [3.63, 3.8) is 0 Å². The number of imidazole rings is 1. The van der Waals surface area contributed by atoms with E-state index in [1.165, 1.54) is 4.88 Å². The summed E-state index contributed by atoms with van der Waals surface area (Å²) in [6, 6.07) is 5.58. The summed E-state index contributed by atoms with van der Waals surface area (Å²) in [7, 11) is 1.58. The maximum Gasteiger partial charge on any atom is 0.194 e. The number of carbonyl (C=O) groups excluding carboxylic acids is 1. The van der Waals surface area contributed by atoms with Crippen LogP contribution in [0.15, 0.2) is 30.5 Å². The van der Waals surface area contributed by atoms with Gasteiger partial charge in [0.05, 0.1) is 24.1 Å². The molecule has 0 aliphatic heterocycles. The molecule has 0 atom stereocenters. The van der Waals surface area contributed by atoms with Crippen molar-refractivity contribution in [3.05, 3.63) is 57.9 Å². The zero-order valence-corrected chi connectivity index (χ0v) is 14.4. The first-order valence-corrected chi connectivity index (χ1v) is 8.13. The van der Waals surface area contributed by atoms with Crippen molar-refractivity contribution in [1.29, 1.82) is 0 Å². The fourth-order valence-electron chi connectivity index (χ4n) is 2.53. The molecule has 0 saturated carbocycles. The van der Waals surface area contributed by atoms with Gasteiger partial charge < -0.3 is 4.74 Å². The summed E-state index contributed by atoms with van der Waals surface area (Å²) >= 11 is 1.64. The van der Waals surface area contributed by atoms with E-state index in [9.17, 15) is 4.79 Å². The quantitative estimate of drug-likeness (QED) is 0.532. The molecule has 118 valence electrons. The topological polar surface area (TPSA) is 43.6 Å². The van der Waals surface area contributed by atoms with Gasteiger partial charge >= 0.3 is 0 Å². The molecule has 0 aliphatic carbocycles. The van der Waals surface area contributed by atoms with E-state index in [0.717, 1.165) is 21.9 Å². The largest absolute Gasteiger partial charge is 0.496 e. The lowest BCUT2D eigenvalue weighted by atomic mass is 10.1. The summed E-state index contributed by atoms with van der Waals surface area (Å²) in [6.07, 6.45) is 5.44. The summed E-state index contributed by atoms with van der Waals surface area (Å²) in [4.78, 5) is 19.1. The summed E-state index contributed by atoms with van der Waals surface area (Å²) in [5, 5.41) is 0. The zero-order chi connectivity index (χ0) is 16.6. The van der Waals surface area contributed by atoms with Crippen LogP contribution in [0.3, 0.4) is 0 Å². The van der Waals surface area contributed by atoms with Gasteiger partial charge in [0.25, 0.3) is 0 Å². The normalized spacial score (nSPS) is 11.5. The third-order valence-corrected chi connectivity index (χ3v) is 4.58. The average molecular weight is 326 g/mol. The van der Waals surface area contributed by atoms with E-state index in [-0.39, 0.29) is 5.78 Å². The Hall–Kier alpha value is -2.40. The molecule has 0 spiro atoms. The maximum absolute atomic E-state index is 12.5. The van der Waals surface area contributed by atoms with E-state index in [2.05, 4.69) is 4.98 Å². The Kier molecular flexibility index (Phi) is 4.05. The smallest absolute Gasteiger partial charge is 0.194 e. The van der Waals surface area contributed by atoms with Crippen LogP contribution in [0.2, 0.25) is 0 Å². The molecule has 0 bridgehead atoms. The molecule has 3 aromatic rings. The average Bonchev–Trinajstić information content (AvgIpc) is 2.99. The molecule has 4 nitrogen and oxygen atoms in total. The van der Waals surface area contributed by atoms with E-state index in [1.54, 1.807) is 30.6 Å². The minimum Gasteiger partial charge on any atom is -0.496 e. The van der Waals surface area contributed by atoms with Crippen molar-refractivity contribution in [3.8, 4) is 5.75 Å². The highest BCUT2D eigenvalue weighted by Crippen LogP contribution is 2.23. The number of allylic oxidation sites excluding steroid dienone is 1. The van der Waals surface area contributed by atoms with Gasteiger partial charge in [-0.25, -0.2) is 4.98 Å². The predicted octanol–water partition coefficient (Wildman–Crippen LogP) is 4.23. The third kappa shape index (κ3) is 2.92. The SMILES string of the molecule is COc1cc(C)ccc1C(=O)C=Cc1c(C)nc2sc(C)cn12. The summed E-state index contributed by atoms with van der Waals surface area (Å²) in [6.45, 7) is 5.97. The van der Waals surface area contributed by atoms with Crippen LogP contribution in [-0.4, -0.2) is 22.3 Å². The lowest BCUT2D eigenvalue weighted by molar-refractivity contribution is 0.104. The number of thiazole rings is 1. The molecule has 5 heteroatoms. The molecule has 3 rings (SSSR count). The Balaban J connectivity index is 1.95. The van der Waals surface area contributed by atoms with Crippen molar-refractivity contribution in [2.75, 3.05) is 7.11 Å². The van der Waals surface area contributed by atoms with Crippen molar-refractivity contribution in [2.45, 2.75) is 20.8 Å². The first-order chi connectivity index (χ1) is 11.0. The van der Waals surface area contributed by atoms with Gasteiger partial charge in [0.15, 0.2) is 10.7 Å². The highest BCUT2D eigenvalue weighted by atomic mass is 32.1. The number of aromatic nitrogens is 2. The van der Waals surface area contributed by atoms with E-state index in [0.29, 0.717) is 11.3 Å². The fraction of sp³-hybridized carbons (Fsp3) is 0.222. The van der Waals surface area contributed by atoms with Gasteiger partial charge in [-0.2, -0.15) is 0 Å². The molecule has 2 aromatic heterocycles. The van der Waals surface area contributed by atoms with Crippen LogP contribution >= 0.6 is 11.3 Å². The van der Waals surface area contributed by atoms with Crippen LogP contribution in [0, 0.1) is 20.8 Å². The summed E-state index contributed by atoms with van der Waals surface area (Å²) in [5.41, 5.74) is 3.47. The number of rotatable bonds is 4. The Morgan fingerprint density at radius 3 is 2.83 bits per heavy atom. The highest BCUT2D eigenvalue weighted by molar-refractivity contribution is 7.17. The first kappa shape index (κ1) is 15.5. The maximum atomic E-state index is 12.5. The predicted molar refractivity (Wildman–Crippen MR) is 93.6 cm³/mol. The van der Waals surface area contributed by atoms with Crippen molar-refractivity contribution >= 4 is 28.2 Å². The van der Waals surface area contributed by atoms with Gasteiger partial charge in [-0.15, -0.1) is 11.3 Å². The number of fused-ring (bicyclic) bond motifs is 1. The van der Waals surface area contributed by atoms with Gasteiger partial charge in [-0.3, -0.25) is 9.20 Å². The Labute approximate surface area is 139 Å². The lowest BCUT2D eigenvalue weighted by Gasteiger charge is -2.06. The van der Waals surface area contributed by atoms with Crippen molar-refractivity contribution in [1.82, 2.24) is 9.38 Å². The molecule has 0 unspecified atom stereocenters. The van der Waals surface area contributed by atoms with Crippen molar-refractivity contribution < 1.29 is 9.53 Å². The standard InChI is InChI=1S/C18H18N2O2S/c1-11-5-6-14(17(9-11)22-4)16(21)8-7-15-13(3)19-18-20(15)10-12(2)23-18/h5-10H,1-4H3. The molecule has 0 N–H and O–H groups in total. The number of ketones is 1. The Morgan fingerprint density at radius 1 is 1.30 bits per heavy atom. The second-order valence-electron chi connectivity index (χ2n) is 5.48. The lowest BCUT2D eigenvalue weighted by Crippen LogP contribution is -1.99. The van der Waals surface area contributed by atoms with Crippen molar-refractivity contribution in [2.24, 2.45) is 0 Å². The molecule has 0 amide bonds. The van der Waals surface area contributed by atoms with Crippen LogP contribution in [0.25, 0.3) is 11.0 Å².